The fraction of sp³-hybridized carbons (Fsp3) is 0.129. The molecule has 4 N–H and O–H groups in total. The van der Waals surface area contributed by atoms with Crippen molar-refractivity contribution in [1.82, 2.24) is 10.3 Å². The number of aliphatic carboxylic acids is 1. The molecular formula is C31H24N2O7. The molecular weight excluding hydrogens is 512 g/mol. The Kier molecular flexibility index (Phi) is 6.11. The summed E-state index contributed by atoms with van der Waals surface area (Å²) in [5.74, 6) is -1.80. The number of aryl methyl sites for hydroxylation is 1. The summed E-state index contributed by atoms with van der Waals surface area (Å²) < 4.78 is 11.3. The number of aromatic amines is 1. The fourth-order valence-corrected chi connectivity index (χ4v) is 5.12. The Morgan fingerprint density at radius 3 is 2.58 bits per heavy atom. The van der Waals surface area contributed by atoms with E-state index in [9.17, 15) is 24.6 Å². The van der Waals surface area contributed by atoms with E-state index in [0.717, 1.165) is 22.0 Å². The Balaban J connectivity index is 1.29. The fourth-order valence-electron chi connectivity index (χ4n) is 5.12. The van der Waals surface area contributed by atoms with Gasteiger partial charge < -0.3 is 29.3 Å². The second kappa shape index (κ2) is 9.77. The number of aromatic nitrogens is 1. The summed E-state index contributed by atoms with van der Waals surface area (Å²) >= 11 is 0. The maximum Gasteiger partial charge on any atom is 0.340 e. The van der Waals surface area contributed by atoms with Crippen LogP contribution in [0.15, 0.2) is 86.8 Å². The smallest absolute Gasteiger partial charge is 0.340 e. The van der Waals surface area contributed by atoms with Gasteiger partial charge in [0.1, 0.15) is 23.0 Å². The van der Waals surface area contributed by atoms with E-state index < -0.39 is 23.5 Å². The summed E-state index contributed by atoms with van der Waals surface area (Å²) in [6, 6.07) is 16.8. The van der Waals surface area contributed by atoms with Crippen molar-refractivity contribution in [1.29, 1.82) is 0 Å². The number of hydrogen-bond donors (Lipinski definition) is 4. The molecule has 40 heavy (non-hydrogen) atoms. The summed E-state index contributed by atoms with van der Waals surface area (Å²) in [5.41, 5.74) is 4.16. The van der Waals surface area contributed by atoms with Crippen LogP contribution >= 0.6 is 0 Å². The van der Waals surface area contributed by atoms with Crippen LogP contribution in [0.4, 0.5) is 0 Å². The highest BCUT2D eigenvalue weighted by atomic mass is 16.4. The van der Waals surface area contributed by atoms with Crippen molar-refractivity contribution in [3.63, 3.8) is 0 Å². The molecule has 0 radical (unpaired) electrons. The number of fused-ring (bicyclic) bond motifs is 3. The predicted octanol–water partition coefficient (Wildman–Crippen LogP) is 5.06. The lowest BCUT2D eigenvalue weighted by Crippen LogP contribution is -2.43. The number of phenols is 1. The van der Waals surface area contributed by atoms with E-state index in [1.165, 1.54) is 12.1 Å². The van der Waals surface area contributed by atoms with Gasteiger partial charge in [0.2, 0.25) is 5.91 Å². The number of carboxylic acids is 1. The van der Waals surface area contributed by atoms with Crippen molar-refractivity contribution < 1.29 is 28.6 Å². The SMILES string of the molecule is Cc1c(CC(=O)NC(Cc2c[nH]c3ccc(O)cc23)C(=O)O)c(=O)oc2cc3occ(-c4ccccc4)c3cc12. The maximum absolute atomic E-state index is 13.0. The lowest BCUT2D eigenvalue weighted by atomic mass is 9.99. The Bertz CT molecular complexity index is 1980. The number of furan rings is 1. The second-order valence-electron chi connectivity index (χ2n) is 9.74. The minimum atomic E-state index is -1.25. The highest BCUT2D eigenvalue weighted by Crippen LogP contribution is 2.34. The highest BCUT2D eigenvalue weighted by Gasteiger charge is 2.24. The molecule has 0 saturated carbocycles. The number of benzene rings is 3. The molecule has 6 aromatic rings. The molecule has 200 valence electrons. The summed E-state index contributed by atoms with van der Waals surface area (Å²) in [7, 11) is 0. The largest absolute Gasteiger partial charge is 0.508 e. The van der Waals surface area contributed by atoms with Crippen LogP contribution in [0.5, 0.6) is 5.75 Å². The number of H-pyrrole nitrogens is 1. The van der Waals surface area contributed by atoms with Crippen molar-refractivity contribution in [3.8, 4) is 16.9 Å². The summed E-state index contributed by atoms with van der Waals surface area (Å²) in [6.07, 6.45) is 2.94. The van der Waals surface area contributed by atoms with Gasteiger partial charge in [-0.1, -0.05) is 30.3 Å². The number of rotatable bonds is 7. The third kappa shape index (κ3) is 4.47. The van der Waals surface area contributed by atoms with E-state index in [-0.39, 0.29) is 24.2 Å². The quantitative estimate of drug-likeness (QED) is 0.209. The first-order chi connectivity index (χ1) is 19.3. The number of carbonyl (C=O) groups excluding carboxylic acids is 1. The number of carboxylic acid groups (broad SMARTS) is 1. The molecule has 3 aromatic carbocycles. The molecule has 0 saturated heterocycles. The monoisotopic (exact) mass is 536 g/mol. The molecule has 0 bridgehead atoms. The summed E-state index contributed by atoms with van der Waals surface area (Å²) in [6.45, 7) is 1.74. The molecule has 9 heteroatoms. The third-order valence-electron chi connectivity index (χ3n) is 7.21. The first-order valence-corrected chi connectivity index (χ1v) is 12.6. The average Bonchev–Trinajstić information content (AvgIpc) is 3.53. The molecule has 1 unspecified atom stereocenters. The first kappa shape index (κ1) is 25.0. The van der Waals surface area contributed by atoms with Crippen LogP contribution in [0.1, 0.15) is 16.7 Å². The lowest BCUT2D eigenvalue weighted by Gasteiger charge is -2.15. The van der Waals surface area contributed by atoms with E-state index in [1.807, 2.05) is 36.4 Å². The minimum absolute atomic E-state index is 0.0173. The first-order valence-electron chi connectivity index (χ1n) is 12.6. The van der Waals surface area contributed by atoms with Crippen LogP contribution in [0.3, 0.4) is 0 Å². The van der Waals surface area contributed by atoms with Gasteiger partial charge in [-0.25, -0.2) is 9.59 Å². The van der Waals surface area contributed by atoms with Crippen LogP contribution in [-0.4, -0.2) is 33.1 Å². The van der Waals surface area contributed by atoms with Gasteiger partial charge >= 0.3 is 11.6 Å². The van der Waals surface area contributed by atoms with Gasteiger partial charge in [0.15, 0.2) is 0 Å². The third-order valence-corrected chi connectivity index (χ3v) is 7.21. The molecule has 0 aliphatic heterocycles. The average molecular weight is 537 g/mol. The standard InChI is InChI=1S/C31H24N2O7/c1-16-20-11-23-24(17-5-3-2-4-6-17)15-39-27(23)13-28(20)40-31(38)21(16)12-29(35)33-26(30(36)37)9-18-14-32-25-8-7-19(34)10-22(18)25/h2-8,10-11,13-15,26,32,34H,9,12H2,1H3,(H,33,35)(H,36,37). The Morgan fingerprint density at radius 1 is 1.00 bits per heavy atom. The molecule has 3 heterocycles. The van der Waals surface area contributed by atoms with Crippen molar-refractivity contribution in [2.24, 2.45) is 0 Å². The number of aromatic hydroxyl groups is 1. The molecule has 0 aliphatic rings. The molecule has 0 aliphatic carbocycles. The van der Waals surface area contributed by atoms with Crippen molar-refractivity contribution in [2.75, 3.05) is 0 Å². The van der Waals surface area contributed by atoms with Gasteiger partial charge in [-0.2, -0.15) is 0 Å². The van der Waals surface area contributed by atoms with Gasteiger partial charge in [0, 0.05) is 45.9 Å². The van der Waals surface area contributed by atoms with Crippen LogP contribution in [-0.2, 0) is 22.4 Å². The van der Waals surface area contributed by atoms with E-state index in [1.54, 1.807) is 31.5 Å². The topological polar surface area (TPSA) is 146 Å². The van der Waals surface area contributed by atoms with E-state index in [2.05, 4.69) is 10.3 Å². The zero-order valence-electron chi connectivity index (χ0n) is 21.4. The van der Waals surface area contributed by atoms with E-state index in [4.69, 9.17) is 8.83 Å². The van der Waals surface area contributed by atoms with E-state index >= 15 is 0 Å². The van der Waals surface area contributed by atoms with Crippen molar-refractivity contribution >= 4 is 44.7 Å². The number of carbonyl (C=O) groups is 2. The molecule has 0 fully saturated rings. The van der Waals surface area contributed by atoms with E-state index in [0.29, 0.717) is 33.1 Å². The zero-order chi connectivity index (χ0) is 28.0. The van der Waals surface area contributed by atoms with Gasteiger partial charge in [-0.15, -0.1) is 0 Å². The molecule has 9 nitrogen and oxygen atoms in total. The zero-order valence-corrected chi connectivity index (χ0v) is 21.4. The van der Waals surface area contributed by atoms with Gasteiger partial charge in [-0.3, -0.25) is 4.79 Å². The number of phenolic OH excluding ortho intramolecular Hbond substituents is 1. The van der Waals surface area contributed by atoms with Crippen molar-refractivity contribution in [2.45, 2.75) is 25.8 Å². The Morgan fingerprint density at radius 2 is 1.80 bits per heavy atom. The second-order valence-corrected chi connectivity index (χ2v) is 9.74. The van der Waals surface area contributed by atoms with Crippen LogP contribution in [0.25, 0.3) is 44.0 Å². The number of hydrogen-bond acceptors (Lipinski definition) is 6. The highest BCUT2D eigenvalue weighted by molar-refractivity contribution is 6.02. The normalized spacial score (nSPS) is 12.2. The Hall–Kier alpha value is -5.31. The van der Waals surface area contributed by atoms with Crippen LogP contribution < -0.4 is 10.9 Å². The number of nitrogens with one attached hydrogen (secondary N) is 2. The molecule has 3 aromatic heterocycles. The molecule has 1 atom stereocenters. The lowest BCUT2D eigenvalue weighted by molar-refractivity contribution is -0.141. The molecule has 6 rings (SSSR count). The van der Waals surface area contributed by atoms with Crippen molar-refractivity contribution in [3.05, 3.63) is 100 Å². The van der Waals surface area contributed by atoms with Gasteiger partial charge in [0.05, 0.1) is 18.2 Å². The van der Waals surface area contributed by atoms with Gasteiger partial charge in [0.25, 0.3) is 0 Å². The van der Waals surface area contributed by atoms with Crippen LogP contribution in [0, 0.1) is 6.92 Å². The molecule has 0 spiro atoms. The molecule has 1 amide bonds. The minimum Gasteiger partial charge on any atom is -0.508 e. The summed E-state index contributed by atoms with van der Waals surface area (Å²) in [5, 5.41) is 24.3. The number of amides is 1. The summed E-state index contributed by atoms with van der Waals surface area (Å²) in [4.78, 5) is 40.9. The maximum atomic E-state index is 13.0. The predicted molar refractivity (Wildman–Crippen MR) is 149 cm³/mol. The Labute approximate surface area is 226 Å². The van der Waals surface area contributed by atoms with Crippen LogP contribution in [0.2, 0.25) is 0 Å². The van der Waals surface area contributed by atoms with Gasteiger partial charge in [-0.05, 0) is 47.9 Å².